The fourth-order valence-electron chi connectivity index (χ4n) is 1.43. The summed E-state index contributed by atoms with van der Waals surface area (Å²) in [6, 6.07) is 5.53. The minimum atomic E-state index is -3.59. The van der Waals surface area contributed by atoms with Crippen molar-refractivity contribution < 1.29 is 18.3 Å². The van der Waals surface area contributed by atoms with E-state index in [9.17, 15) is 13.2 Å². The van der Waals surface area contributed by atoms with E-state index in [4.69, 9.17) is 16.0 Å². The number of hydrogen-bond donors (Lipinski definition) is 4. The number of rotatable bonds is 6. The largest absolute Gasteiger partial charge is 0.508 e. The highest BCUT2D eigenvalue weighted by molar-refractivity contribution is 7.89. The van der Waals surface area contributed by atoms with Gasteiger partial charge in [0.25, 0.3) is 0 Å². The van der Waals surface area contributed by atoms with Crippen molar-refractivity contribution in [3.8, 4) is 5.75 Å². The van der Waals surface area contributed by atoms with Gasteiger partial charge in [-0.15, -0.1) is 0 Å². The third-order valence-corrected chi connectivity index (χ3v) is 3.19. The number of aromatic hydroxyl groups is 1. The number of hydrogen-bond acceptors (Lipinski definition) is 5. The van der Waals surface area contributed by atoms with Gasteiger partial charge in [0.05, 0.1) is 11.8 Å². The van der Waals surface area contributed by atoms with E-state index in [1.165, 1.54) is 12.1 Å². The van der Waals surface area contributed by atoms with Gasteiger partial charge in [0.15, 0.2) is 0 Å². The van der Waals surface area contributed by atoms with E-state index in [0.717, 1.165) is 5.56 Å². The maximum atomic E-state index is 11.6. The Labute approximate surface area is 111 Å². The molecule has 1 atom stereocenters. The molecule has 0 saturated carbocycles. The first-order valence-electron chi connectivity index (χ1n) is 5.59. The summed E-state index contributed by atoms with van der Waals surface area (Å²) in [7, 11) is -3.59. The van der Waals surface area contributed by atoms with Crippen LogP contribution in [-0.4, -0.2) is 37.8 Å². The van der Waals surface area contributed by atoms with Crippen LogP contribution in [0.1, 0.15) is 5.56 Å². The molecule has 0 heterocycles. The first-order chi connectivity index (χ1) is 8.78. The molecule has 0 bridgehead atoms. The molecule has 0 aliphatic heterocycles. The normalized spacial score (nSPS) is 12.9. The van der Waals surface area contributed by atoms with Crippen molar-refractivity contribution >= 4 is 15.9 Å². The second kappa shape index (κ2) is 6.50. The molecule has 0 fully saturated rings. The standard InChI is InChI=1S/C11H17N3O4S/c12-10(7-8-1-3-9(15)4-2-8)11(16)14-5-6-19(13,17)18/h1-4,10,15H,5-7,12H2,(H,14,16)(H2,13,17,18). The number of primary sulfonamides is 1. The van der Waals surface area contributed by atoms with E-state index < -0.39 is 22.0 Å². The summed E-state index contributed by atoms with van der Waals surface area (Å²) in [5.41, 5.74) is 6.48. The summed E-state index contributed by atoms with van der Waals surface area (Å²) in [6.07, 6.45) is 0.293. The Hall–Kier alpha value is -1.64. The number of nitrogens with two attached hydrogens (primary N) is 2. The highest BCUT2D eigenvalue weighted by Gasteiger charge is 2.14. The van der Waals surface area contributed by atoms with Gasteiger partial charge in [-0.2, -0.15) is 0 Å². The molecule has 0 saturated heterocycles. The molecule has 0 aliphatic rings. The van der Waals surface area contributed by atoms with Crippen LogP contribution in [-0.2, 0) is 21.2 Å². The highest BCUT2D eigenvalue weighted by atomic mass is 32.2. The molecule has 6 N–H and O–H groups in total. The molecule has 106 valence electrons. The van der Waals surface area contributed by atoms with Crippen LogP contribution >= 0.6 is 0 Å². The third-order valence-electron chi connectivity index (χ3n) is 2.41. The first-order valence-corrected chi connectivity index (χ1v) is 7.31. The number of benzene rings is 1. The van der Waals surface area contributed by atoms with Crippen molar-refractivity contribution in [2.24, 2.45) is 10.9 Å². The number of carbonyl (C=O) groups excluding carboxylic acids is 1. The molecule has 1 unspecified atom stereocenters. The molecule has 0 spiro atoms. The third kappa shape index (κ3) is 6.18. The Bertz CT molecular complexity index is 527. The SMILES string of the molecule is NC(Cc1ccc(O)cc1)C(=O)NCCS(N)(=O)=O. The van der Waals surface area contributed by atoms with Gasteiger partial charge in [-0.25, -0.2) is 13.6 Å². The Kier molecular flexibility index (Phi) is 5.28. The molecule has 0 aromatic heterocycles. The summed E-state index contributed by atoms with van der Waals surface area (Å²) < 4.78 is 21.4. The van der Waals surface area contributed by atoms with E-state index >= 15 is 0 Å². The summed E-state index contributed by atoms with van der Waals surface area (Å²) >= 11 is 0. The second-order valence-electron chi connectivity index (χ2n) is 4.14. The van der Waals surface area contributed by atoms with Crippen molar-refractivity contribution in [2.75, 3.05) is 12.3 Å². The van der Waals surface area contributed by atoms with Gasteiger partial charge in [0.1, 0.15) is 5.75 Å². The van der Waals surface area contributed by atoms with Crippen molar-refractivity contribution in [1.29, 1.82) is 0 Å². The predicted octanol–water partition coefficient (Wildman–Crippen LogP) is -1.33. The minimum absolute atomic E-state index is 0.0685. The predicted molar refractivity (Wildman–Crippen MR) is 70.8 cm³/mol. The maximum Gasteiger partial charge on any atom is 0.237 e. The zero-order valence-corrected chi connectivity index (χ0v) is 11.1. The lowest BCUT2D eigenvalue weighted by atomic mass is 10.1. The second-order valence-corrected chi connectivity index (χ2v) is 5.87. The Morgan fingerprint density at radius 2 is 1.89 bits per heavy atom. The smallest absolute Gasteiger partial charge is 0.237 e. The average Bonchev–Trinajstić information content (AvgIpc) is 2.30. The average molecular weight is 287 g/mol. The van der Waals surface area contributed by atoms with Crippen molar-refractivity contribution in [3.63, 3.8) is 0 Å². The van der Waals surface area contributed by atoms with Crippen molar-refractivity contribution in [1.82, 2.24) is 5.32 Å². The number of nitrogens with one attached hydrogen (secondary N) is 1. The first kappa shape index (κ1) is 15.4. The van der Waals surface area contributed by atoms with Crippen LogP contribution in [0.2, 0.25) is 0 Å². The number of carbonyl (C=O) groups is 1. The monoisotopic (exact) mass is 287 g/mol. The van der Waals surface area contributed by atoms with Crippen LogP contribution in [0.3, 0.4) is 0 Å². The minimum Gasteiger partial charge on any atom is -0.508 e. The lowest BCUT2D eigenvalue weighted by Crippen LogP contribution is -2.43. The van der Waals surface area contributed by atoms with Crippen LogP contribution < -0.4 is 16.2 Å². The van der Waals surface area contributed by atoms with Gasteiger partial charge in [-0.1, -0.05) is 12.1 Å². The molecule has 0 radical (unpaired) electrons. The Balaban J connectivity index is 2.42. The van der Waals surface area contributed by atoms with E-state index in [1.54, 1.807) is 12.1 Å². The number of amides is 1. The molecule has 19 heavy (non-hydrogen) atoms. The molecular formula is C11H17N3O4S. The van der Waals surface area contributed by atoms with E-state index in [1.807, 2.05) is 0 Å². The summed E-state index contributed by atoms with van der Waals surface area (Å²) in [5.74, 6) is -0.642. The maximum absolute atomic E-state index is 11.6. The van der Waals surface area contributed by atoms with Crippen LogP contribution in [0.5, 0.6) is 5.75 Å². The van der Waals surface area contributed by atoms with Crippen LogP contribution in [0.4, 0.5) is 0 Å². The lowest BCUT2D eigenvalue weighted by Gasteiger charge is -2.12. The molecule has 7 nitrogen and oxygen atoms in total. The zero-order chi connectivity index (χ0) is 14.5. The van der Waals surface area contributed by atoms with Crippen LogP contribution in [0.25, 0.3) is 0 Å². The van der Waals surface area contributed by atoms with Gasteiger partial charge >= 0.3 is 0 Å². The number of phenolic OH excluding ortho intramolecular Hbond substituents is 1. The highest BCUT2D eigenvalue weighted by Crippen LogP contribution is 2.10. The zero-order valence-electron chi connectivity index (χ0n) is 10.2. The number of sulfonamides is 1. The molecule has 8 heteroatoms. The molecule has 1 amide bonds. The van der Waals surface area contributed by atoms with Crippen LogP contribution in [0, 0.1) is 0 Å². The van der Waals surface area contributed by atoms with E-state index in [-0.39, 0.29) is 18.0 Å². The van der Waals surface area contributed by atoms with Gasteiger partial charge < -0.3 is 16.2 Å². The molecule has 1 aromatic carbocycles. The Morgan fingerprint density at radius 1 is 1.32 bits per heavy atom. The van der Waals surface area contributed by atoms with Gasteiger partial charge in [0.2, 0.25) is 15.9 Å². The van der Waals surface area contributed by atoms with E-state index in [0.29, 0.717) is 6.42 Å². The fourth-order valence-corrected chi connectivity index (χ4v) is 1.81. The summed E-state index contributed by atoms with van der Waals surface area (Å²) in [5, 5.41) is 16.3. The topological polar surface area (TPSA) is 136 Å². The molecule has 1 rings (SSSR count). The molecular weight excluding hydrogens is 270 g/mol. The Morgan fingerprint density at radius 3 is 2.42 bits per heavy atom. The fraction of sp³-hybridized carbons (Fsp3) is 0.364. The van der Waals surface area contributed by atoms with Crippen LogP contribution in [0.15, 0.2) is 24.3 Å². The molecule has 1 aromatic rings. The summed E-state index contributed by atoms with van der Waals surface area (Å²) in [4.78, 5) is 11.6. The van der Waals surface area contributed by atoms with Gasteiger partial charge in [-0.05, 0) is 24.1 Å². The van der Waals surface area contributed by atoms with Gasteiger partial charge in [0, 0.05) is 6.54 Å². The summed E-state index contributed by atoms with van der Waals surface area (Å²) in [6.45, 7) is -0.0685. The molecule has 0 aliphatic carbocycles. The van der Waals surface area contributed by atoms with Crippen molar-refractivity contribution in [2.45, 2.75) is 12.5 Å². The van der Waals surface area contributed by atoms with Crippen molar-refractivity contribution in [3.05, 3.63) is 29.8 Å². The lowest BCUT2D eigenvalue weighted by molar-refractivity contribution is -0.122. The quantitative estimate of drug-likeness (QED) is 0.514. The van der Waals surface area contributed by atoms with E-state index in [2.05, 4.69) is 5.32 Å². The number of phenols is 1. The van der Waals surface area contributed by atoms with Gasteiger partial charge in [-0.3, -0.25) is 4.79 Å².